The summed E-state index contributed by atoms with van der Waals surface area (Å²) in [7, 11) is 0.728. The van der Waals surface area contributed by atoms with Gasteiger partial charge in [0.1, 0.15) is 0 Å². The van der Waals surface area contributed by atoms with Crippen LogP contribution in [-0.4, -0.2) is 13.4 Å². The first-order chi connectivity index (χ1) is 6.75. The van der Waals surface area contributed by atoms with Gasteiger partial charge >= 0.3 is 0 Å². The minimum absolute atomic E-state index is 0.0804. The van der Waals surface area contributed by atoms with E-state index in [0.29, 0.717) is 4.47 Å². The van der Waals surface area contributed by atoms with Gasteiger partial charge in [-0.15, -0.1) is 0 Å². The molecule has 0 N–H and O–H groups in total. The zero-order valence-electron chi connectivity index (χ0n) is 6.72. The molecule has 9 heteroatoms. The standard InChI is InChI=1S/C6H2BrClF2INO2S/c7-2-1-12-6(15(8,13)14)3(4(2)11)5(9)10/h1,5H. The summed E-state index contributed by atoms with van der Waals surface area (Å²) in [6.45, 7) is 0. The number of nitrogens with zero attached hydrogens (tertiary/aromatic N) is 1. The molecule has 1 heterocycles. The van der Waals surface area contributed by atoms with Crippen LogP contribution in [0.5, 0.6) is 0 Å². The van der Waals surface area contributed by atoms with Gasteiger partial charge in [0, 0.05) is 24.9 Å². The van der Waals surface area contributed by atoms with Gasteiger partial charge in [-0.3, -0.25) is 0 Å². The van der Waals surface area contributed by atoms with Crippen molar-refractivity contribution in [2.45, 2.75) is 11.5 Å². The summed E-state index contributed by atoms with van der Waals surface area (Å²) in [4.78, 5) is 3.38. The molecule has 3 nitrogen and oxygen atoms in total. The van der Waals surface area contributed by atoms with Gasteiger partial charge in [-0.05, 0) is 38.5 Å². The van der Waals surface area contributed by atoms with Crippen LogP contribution < -0.4 is 0 Å². The lowest BCUT2D eigenvalue weighted by atomic mass is 10.3. The average molecular weight is 432 g/mol. The summed E-state index contributed by atoms with van der Waals surface area (Å²) in [6, 6.07) is 0. The third kappa shape index (κ3) is 2.98. The van der Waals surface area contributed by atoms with Crippen LogP contribution >= 0.6 is 49.2 Å². The third-order valence-corrected chi connectivity index (χ3v) is 5.15. The van der Waals surface area contributed by atoms with Gasteiger partial charge in [-0.25, -0.2) is 22.2 Å². The number of rotatable bonds is 2. The predicted octanol–water partition coefficient (Wildman–Crippen LogP) is 3.31. The Labute approximate surface area is 111 Å². The largest absolute Gasteiger partial charge is 0.279 e. The maximum atomic E-state index is 12.6. The third-order valence-electron chi connectivity index (χ3n) is 1.42. The van der Waals surface area contributed by atoms with Crippen molar-refractivity contribution in [2.75, 3.05) is 0 Å². The van der Waals surface area contributed by atoms with Crippen molar-refractivity contribution >= 4 is 58.3 Å². The van der Waals surface area contributed by atoms with E-state index >= 15 is 0 Å². The van der Waals surface area contributed by atoms with Crippen molar-refractivity contribution in [3.05, 3.63) is 19.8 Å². The topological polar surface area (TPSA) is 47.0 Å². The molecule has 0 aliphatic carbocycles. The van der Waals surface area contributed by atoms with Crippen molar-refractivity contribution in [1.29, 1.82) is 0 Å². The molecule has 0 unspecified atom stereocenters. The summed E-state index contributed by atoms with van der Waals surface area (Å²) in [5.74, 6) is 0. The zero-order valence-corrected chi connectivity index (χ0v) is 12.0. The summed E-state index contributed by atoms with van der Waals surface area (Å²) in [5, 5.41) is -0.799. The van der Waals surface area contributed by atoms with Crippen LogP contribution in [0.4, 0.5) is 8.78 Å². The monoisotopic (exact) mass is 431 g/mol. The van der Waals surface area contributed by atoms with Crippen molar-refractivity contribution in [3.8, 4) is 0 Å². The molecule has 0 spiro atoms. The number of pyridine rings is 1. The number of hydrogen-bond donors (Lipinski definition) is 0. The Kier molecular flexibility index (Phi) is 4.29. The number of aromatic nitrogens is 1. The first-order valence-corrected chi connectivity index (χ1v) is 7.50. The first-order valence-electron chi connectivity index (χ1n) is 3.32. The predicted molar refractivity (Wildman–Crippen MR) is 62.6 cm³/mol. The van der Waals surface area contributed by atoms with Crippen LogP contribution in [-0.2, 0) is 9.05 Å². The molecule has 84 valence electrons. The van der Waals surface area contributed by atoms with E-state index < -0.39 is 26.1 Å². The fraction of sp³-hybridized carbons (Fsp3) is 0.167. The molecule has 0 atom stereocenters. The van der Waals surface area contributed by atoms with Gasteiger partial charge in [-0.2, -0.15) is 0 Å². The highest BCUT2D eigenvalue weighted by Crippen LogP contribution is 2.34. The van der Waals surface area contributed by atoms with Crippen LogP contribution in [0.15, 0.2) is 15.7 Å². The Bertz CT molecular complexity index is 496. The first kappa shape index (κ1) is 13.5. The molecule has 0 saturated heterocycles. The van der Waals surface area contributed by atoms with Gasteiger partial charge in [0.2, 0.25) is 0 Å². The molecule has 1 aromatic rings. The highest BCUT2D eigenvalue weighted by molar-refractivity contribution is 14.1. The molecule has 0 aromatic carbocycles. The van der Waals surface area contributed by atoms with Crippen molar-refractivity contribution < 1.29 is 17.2 Å². The van der Waals surface area contributed by atoms with Gasteiger partial charge < -0.3 is 0 Å². The average Bonchev–Trinajstić information content (AvgIpc) is 2.06. The van der Waals surface area contributed by atoms with E-state index in [9.17, 15) is 17.2 Å². The second-order valence-electron chi connectivity index (χ2n) is 2.38. The van der Waals surface area contributed by atoms with Crippen molar-refractivity contribution in [2.24, 2.45) is 0 Å². The zero-order chi connectivity index (χ0) is 11.8. The van der Waals surface area contributed by atoms with Crippen LogP contribution in [0.25, 0.3) is 0 Å². The molecule has 0 saturated carbocycles. The molecule has 15 heavy (non-hydrogen) atoms. The van der Waals surface area contributed by atoms with Crippen LogP contribution in [0.1, 0.15) is 12.0 Å². The van der Waals surface area contributed by atoms with Gasteiger partial charge in [0.05, 0.1) is 5.56 Å². The molecule has 0 radical (unpaired) electrons. The Morgan fingerprint density at radius 2 is 2.07 bits per heavy atom. The molecule has 0 aliphatic rings. The van der Waals surface area contributed by atoms with E-state index in [1.54, 1.807) is 22.6 Å². The SMILES string of the molecule is O=S(=O)(Cl)c1ncc(Br)c(I)c1C(F)F. The van der Waals surface area contributed by atoms with E-state index in [0.717, 1.165) is 6.20 Å². The normalized spacial score (nSPS) is 12.1. The van der Waals surface area contributed by atoms with Crippen LogP contribution in [0.3, 0.4) is 0 Å². The highest BCUT2D eigenvalue weighted by Gasteiger charge is 2.27. The number of alkyl halides is 2. The summed E-state index contributed by atoms with van der Waals surface area (Å²) in [6.07, 6.45) is -1.84. The molecule has 0 bridgehead atoms. The van der Waals surface area contributed by atoms with Gasteiger partial charge in [0.15, 0.2) is 5.03 Å². The summed E-state index contributed by atoms with van der Waals surface area (Å²) in [5.41, 5.74) is -0.681. The quantitative estimate of drug-likeness (QED) is 0.532. The summed E-state index contributed by atoms with van der Waals surface area (Å²) < 4.78 is 47.5. The minimum atomic E-state index is -4.26. The van der Waals surface area contributed by atoms with E-state index in [-0.39, 0.29) is 3.57 Å². The number of halogens is 5. The van der Waals surface area contributed by atoms with E-state index in [4.69, 9.17) is 10.7 Å². The molecule has 0 amide bonds. The molecule has 1 rings (SSSR count). The van der Waals surface area contributed by atoms with Crippen molar-refractivity contribution in [1.82, 2.24) is 4.98 Å². The van der Waals surface area contributed by atoms with E-state index in [2.05, 4.69) is 20.9 Å². The van der Waals surface area contributed by atoms with E-state index in [1.165, 1.54) is 0 Å². The van der Waals surface area contributed by atoms with Crippen LogP contribution in [0.2, 0.25) is 0 Å². The Morgan fingerprint density at radius 3 is 2.47 bits per heavy atom. The fourth-order valence-electron chi connectivity index (χ4n) is 0.847. The molecule has 0 aliphatic heterocycles. The highest BCUT2D eigenvalue weighted by atomic mass is 127. The lowest BCUT2D eigenvalue weighted by Gasteiger charge is -2.08. The molecule has 0 fully saturated rings. The van der Waals surface area contributed by atoms with Gasteiger partial charge in [-0.1, -0.05) is 0 Å². The molecular weight excluding hydrogens is 430 g/mol. The lowest BCUT2D eigenvalue weighted by Crippen LogP contribution is -2.05. The molecule has 1 aromatic heterocycles. The number of hydrogen-bond acceptors (Lipinski definition) is 3. The van der Waals surface area contributed by atoms with Crippen molar-refractivity contribution in [3.63, 3.8) is 0 Å². The Hall–Kier alpha value is 0.460. The Morgan fingerprint density at radius 1 is 1.53 bits per heavy atom. The second kappa shape index (κ2) is 4.76. The summed E-state index contributed by atoms with van der Waals surface area (Å²) >= 11 is 4.57. The second-order valence-corrected chi connectivity index (χ2v) is 6.79. The van der Waals surface area contributed by atoms with Gasteiger partial charge in [0.25, 0.3) is 15.5 Å². The van der Waals surface area contributed by atoms with Crippen LogP contribution in [0, 0.1) is 3.57 Å². The smallest absolute Gasteiger partial charge is 0.242 e. The molecular formula is C6H2BrClF2INO2S. The Balaban J connectivity index is 3.62. The lowest BCUT2D eigenvalue weighted by molar-refractivity contribution is 0.146. The minimum Gasteiger partial charge on any atom is -0.242 e. The maximum absolute atomic E-state index is 12.6. The maximum Gasteiger partial charge on any atom is 0.279 e. The van der Waals surface area contributed by atoms with E-state index in [1.807, 2.05) is 0 Å². The fourth-order valence-corrected chi connectivity index (χ4v) is 2.98.